The SMILES string of the molecule is O=C(c1c(F)cccc1Cl)N1CC(CO)C1. The summed E-state index contributed by atoms with van der Waals surface area (Å²) in [4.78, 5) is 13.3. The number of rotatable bonds is 2. The molecule has 0 atom stereocenters. The highest BCUT2D eigenvalue weighted by molar-refractivity contribution is 6.33. The highest BCUT2D eigenvalue weighted by Crippen LogP contribution is 2.24. The van der Waals surface area contributed by atoms with E-state index < -0.39 is 11.7 Å². The monoisotopic (exact) mass is 243 g/mol. The third-order valence-electron chi connectivity index (χ3n) is 2.68. The Bertz CT molecular complexity index is 398. The molecule has 1 heterocycles. The van der Waals surface area contributed by atoms with E-state index in [-0.39, 0.29) is 23.1 Å². The molecule has 0 radical (unpaired) electrons. The lowest BCUT2D eigenvalue weighted by Gasteiger charge is -2.38. The fourth-order valence-electron chi connectivity index (χ4n) is 1.71. The third-order valence-corrected chi connectivity index (χ3v) is 2.99. The van der Waals surface area contributed by atoms with E-state index in [0.29, 0.717) is 13.1 Å². The molecule has 1 fully saturated rings. The lowest BCUT2D eigenvalue weighted by atomic mass is 10.00. The molecule has 1 amide bonds. The molecule has 0 spiro atoms. The summed E-state index contributed by atoms with van der Waals surface area (Å²) in [5, 5.41) is 8.95. The van der Waals surface area contributed by atoms with Crippen LogP contribution in [0.3, 0.4) is 0 Å². The van der Waals surface area contributed by atoms with Crippen LogP contribution in [0.5, 0.6) is 0 Å². The maximum absolute atomic E-state index is 13.4. The van der Waals surface area contributed by atoms with Gasteiger partial charge in [0.15, 0.2) is 0 Å². The number of carbonyl (C=O) groups excluding carboxylic acids is 1. The van der Waals surface area contributed by atoms with Crippen molar-refractivity contribution < 1.29 is 14.3 Å². The summed E-state index contributed by atoms with van der Waals surface area (Å²) in [7, 11) is 0. The molecule has 1 aromatic rings. The molecule has 0 unspecified atom stereocenters. The van der Waals surface area contributed by atoms with Crippen LogP contribution >= 0.6 is 11.6 Å². The van der Waals surface area contributed by atoms with Crippen LogP contribution in [0.1, 0.15) is 10.4 Å². The Labute approximate surface area is 97.4 Å². The van der Waals surface area contributed by atoms with E-state index in [2.05, 4.69) is 0 Å². The summed E-state index contributed by atoms with van der Waals surface area (Å²) in [6, 6.07) is 4.16. The van der Waals surface area contributed by atoms with Gasteiger partial charge < -0.3 is 10.0 Å². The van der Waals surface area contributed by atoms with E-state index in [4.69, 9.17) is 16.7 Å². The van der Waals surface area contributed by atoms with Crippen molar-refractivity contribution in [1.29, 1.82) is 0 Å². The molecule has 2 rings (SSSR count). The van der Waals surface area contributed by atoms with Crippen LogP contribution in [0.4, 0.5) is 4.39 Å². The first kappa shape index (κ1) is 11.4. The number of amides is 1. The summed E-state index contributed by atoms with van der Waals surface area (Å²) < 4.78 is 13.4. The van der Waals surface area contributed by atoms with Crippen LogP contribution in [-0.4, -0.2) is 35.6 Å². The zero-order chi connectivity index (χ0) is 11.7. The van der Waals surface area contributed by atoms with E-state index >= 15 is 0 Å². The molecule has 0 aromatic heterocycles. The molecule has 1 aliphatic heterocycles. The van der Waals surface area contributed by atoms with Gasteiger partial charge in [-0.05, 0) is 12.1 Å². The largest absolute Gasteiger partial charge is 0.396 e. The Morgan fingerprint density at radius 2 is 2.25 bits per heavy atom. The molecular formula is C11H11ClFNO2. The zero-order valence-corrected chi connectivity index (χ0v) is 9.25. The first-order valence-electron chi connectivity index (χ1n) is 4.97. The number of halogens is 2. The maximum Gasteiger partial charge on any atom is 0.258 e. The van der Waals surface area contributed by atoms with Crippen molar-refractivity contribution in [1.82, 2.24) is 4.90 Å². The summed E-state index contributed by atoms with van der Waals surface area (Å²) in [6.07, 6.45) is 0. The van der Waals surface area contributed by atoms with Gasteiger partial charge in [-0.15, -0.1) is 0 Å². The lowest BCUT2D eigenvalue weighted by molar-refractivity contribution is 0.0358. The Balaban J connectivity index is 2.16. The van der Waals surface area contributed by atoms with Crippen molar-refractivity contribution in [2.75, 3.05) is 19.7 Å². The smallest absolute Gasteiger partial charge is 0.258 e. The molecule has 0 saturated carbocycles. The van der Waals surface area contributed by atoms with Crippen LogP contribution in [0.15, 0.2) is 18.2 Å². The van der Waals surface area contributed by atoms with Gasteiger partial charge in [0.25, 0.3) is 5.91 Å². The van der Waals surface area contributed by atoms with E-state index in [1.807, 2.05) is 0 Å². The zero-order valence-electron chi connectivity index (χ0n) is 8.49. The number of likely N-dealkylation sites (tertiary alicyclic amines) is 1. The summed E-state index contributed by atoms with van der Waals surface area (Å²) in [5.74, 6) is -0.910. The number of benzene rings is 1. The average molecular weight is 244 g/mol. The maximum atomic E-state index is 13.4. The Kier molecular flexibility index (Phi) is 3.12. The molecule has 1 aromatic carbocycles. The number of hydrogen-bond acceptors (Lipinski definition) is 2. The minimum absolute atomic E-state index is 0.0504. The molecule has 16 heavy (non-hydrogen) atoms. The Morgan fingerprint density at radius 1 is 1.56 bits per heavy atom. The second kappa shape index (κ2) is 4.39. The number of aliphatic hydroxyl groups excluding tert-OH is 1. The first-order chi connectivity index (χ1) is 7.63. The van der Waals surface area contributed by atoms with Crippen molar-refractivity contribution in [3.63, 3.8) is 0 Å². The lowest BCUT2D eigenvalue weighted by Crippen LogP contribution is -2.51. The van der Waals surface area contributed by atoms with Gasteiger partial charge >= 0.3 is 0 Å². The van der Waals surface area contributed by atoms with Crippen LogP contribution < -0.4 is 0 Å². The average Bonchev–Trinajstić information content (AvgIpc) is 2.15. The molecule has 3 nitrogen and oxygen atoms in total. The van der Waals surface area contributed by atoms with Gasteiger partial charge in [0, 0.05) is 25.6 Å². The predicted octanol–water partition coefficient (Wildman–Crippen LogP) is 1.54. The third kappa shape index (κ3) is 1.90. The van der Waals surface area contributed by atoms with Gasteiger partial charge in [0.2, 0.25) is 0 Å². The second-order valence-corrected chi connectivity index (χ2v) is 4.26. The fourth-order valence-corrected chi connectivity index (χ4v) is 1.96. The Morgan fingerprint density at radius 3 is 2.81 bits per heavy atom. The molecule has 1 aliphatic rings. The quantitative estimate of drug-likeness (QED) is 0.856. The van der Waals surface area contributed by atoms with Crippen LogP contribution in [0.25, 0.3) is 0 Å². The van der Waals surface area contributed by atoms with Gasteiger partial charge in [-0.25, -0.2) is 4.39 Å². The minimum Gasteiger partial charge on any atom is -0.396 e. The fraction of sp³-hybridized carbons (Fsp3) is 0.364. The van der Waals surface area contributed by atoms with Crippen molar-refractivity contribution in [3.8, 4) is 0 Å². The summed E-state index contributed by atoms with van der Waals surface area (Å²) in [5.41, 5.74) is -0.0828. The Hall–Kier alpha value is -1.13. The molecular weight excluding hydrogens is 233 g/mol. The van der Waals surface area contributed by atoms with E-state index in [0.717, 1.165) is 0 Å². The number of hydrogen-bond donors (Lipinski definition) is 1. The molecule has 1 N–H and O–H groups in total. The van der Waals surface area contributed by atoms with E-state index in [1.165, 1.54) is 23.1 Å². The van der Waals surface area contributed by atoms with Crippen molar-refractivity contribution in [2.45, 2.75) is 0 Å². The van der Waals surface area contributed by atoms with Crippen LogP contribution in [0.2, 0.25) is 5.02 Å². The van der Waals surface area contributed by atoms with Crippen LogP contribution in [-0.2, 0) is 0 Å². The van der Waals surface area contributed by atoms with Gasteiger partial charge in [0.1, 0.15) is 5.82 Å². The normalized spacial score (nSPS) is 16.1. The highest BCUT2D eigenvalue weighted by Gasteiger charge is 2.32. The van der Waals surface area contributed by atoms with Crippen molar-refractivity contribution >= 4 is 17.5 Å². The van der Waals surface area contributed by atoms with Crippen molar-refractivity contribution in [3.05, 3.63) is 34.6 Å². The first-order valence-corrected chi connectivity index (χ1v) is 5.35. The predicted molar refractivity (Wildman–Crippen MR) is 57.9 cm³/mol. The topological polar surface area (TPSA) is 40.5 Å². The molecule has 5 heteroatoms. The number of aliphatic hydroxyl groups is 1. The van der Waals surface area contributed by atoms with Crippen molar-refractivity contribution in [2.24, 2.45) is 5.92 Å². The molecule has 86 valence electrons. The van der Waals surface area contributed by atoms with Gasteiger partial charge in [-0.3, -0.25) is 4.79 Å². The second-order valence-electron chi connectivity index (χ2n) is 3.86. The van der Waals surface area contributed by atoms with Crippen LogP contribution in [0, 0.1) is 11.7 Å². The standard InChI is InChI=1S/C11H11ClFNO2/c12-8-2-1-3-9(13)10(8)11(16)14-4-7(5-14)6-15/h1-3,7,15H,4-6H2. The summed E-state index contributed by atoms with van der Waals surface area (Å²) >= 11 is 5.78. The van der Waals surface area contributed by atoms with Gasteiger partial charge in [0.05, 0.1) is 10.6 Å². The summed E-state index contributed by atoms with van der Waals surface area (Å²) in [6.45, 7) is 0.967. The number of carbonyl (C=O) groups is 1. The van der Waals surface area contributed by atoms with Gasteiger partial charge in [-0.2, -0.15) is 0 Å². The minimum atomic E-state index is -0.607. The molecule has 1 saturated heterocycles. The van der Waals surface area contributed by atoms with E-state index in [9.17, 15) is 9.18 Å². The van der Waals surface area contributed by atoms with Gasteiger partial charge in [-0.1, -0.05) is 17.7 Å². The highest BCUT2D eigenvalue weighted by atomic mass is 35.5. The molecule has 0 bridgehead atoms. The van der Waals surface area contributed by atoms with E-state index in [1.54, 1.807) is 0 Å². The molecule has 0 aliphatic carbocycles. The number of nitrogens with zero attached hydrogens (tertiary/aromatic N) is 1.